The van der Waals surface area contributed by atoms with Gasteiger partial charge in [0.15, 0.2) is 0 Å². The second-order valence-electron chi connectivity index (χ2n) is 5.83. The molecule has 1 N–H and O–H groups in total. The molecule has 2 amide bonds. The van der Waals surface area contributed by atoms with Crippen LogP contribution in [-0.4, -0.2) is 29.3 Å². The van der Waals surface area contributed by atoms with Crippen molar-refractivity contribution in [2.24, 2.45) is 5.92 Å². The van der Waals surface area contributed by atoms with Crippen LogP contribution in [0, 0.1) is 11.7 Å². The highest BCUT2D eigenvalue weighted by Crippen LogP contribution is 2.31. The summed E-state index contributed by atoms with van der Waals surface area (Å²) < 4.78 is 13.8. The lowest BCUT2D eigenvalue weighted by atomic mass is 9.95. The summed E-state index contributed by atoms with van der Waals surface area (Å²) in [5.74, 6) is -0.611. The Morgan fingerprint density at radius 2 is 2.05 bits per heavy atom. The maximum Gasteiger partial charge on any atom is 0.226 e. The summed E-state index contributed by atoms with van der Waals surface area (Å²) >= 11 is 0. The SMILES string of the molecule is O=C1CC(C(=O)N(Cc2ccccc2F)C2CC2)CCN1. The van der Waals surface area contributed by atoms with Gasteiger partial charge in [-0.3, -0.25) is 9.59 Å². The normalized spacial score (nSPS) is 21.8. The molecule has 0 spiro atoms. The zero-order valence-corrected chi connectivity index (χ0v) is 11.8. The van der Waals surface area contributed by atoms with Gasteiger partial charge in [-0.05, 0) is 25.3 Å². The van der Waals surface area contributed by atoms with E-state index >= 15 is 0 Å². The van der Waals surface area contributed by atoms with E-state index < -0.39 is 0 Å². The lowest BCUT2D eigenvalue weighted by Crippen LogP contribution is -2.43. The predicted octanol–water partition coefficient (Wildman–Crippen LogP) is 1.84. The molecule has 0 bridgehead atoms. The van der Waals surface area contributed by atoms with Crippen LogP contribution in [0.4, 0.5) is 4.39 Å². The van der Waals surface area contributed by atoms with E-state index in [1.165, 1.54) is 6.07 Å². The number of amides is 2. The van der Waals surface area contributed by atoms with Crippen LogP contribution in [0.25, 0.3) is 0 Å². The molecule has 1 unspecified atom stereocenters. The van der Waals surface area contributed by atoms with Crippen LogP contribution in [-0.2, 0) is 16.1 Å². The highest BCUT2D eigenvalue weighted by molar-refractivity contribution is 5.87. The number of nitrogens with one attached hydrogen (secondary N) is 1. The van der Waals surface area contributed by atoms with Gasteiger partial charge in [0, 0.05) is 37.0 Å². The Kier molecular flexibility index (Phi) is 3.90. The molecule has 0 aromatic heterocycles. The molecule has 1 aliphatic carbocycles. The largest absolute Gasteiger partial charge is 0.356 e. The Morgan fingerprint density at radius 1 is 1.29 bits per heavy atom. The average molecular weight is 290 g/mol. The van der Waals surface area contributed by atoms with Crippen LogP contribution >= 0.6 is 0 Å². The van der Waals surface area contributed by atoms with E-state index in [0.29, 0.717) is 25.1 Å². The zero-order chi connectivity index (χ0) is 14.8. The molecule has 1 saturated carbocycles. The number of carbonyl (C=O) groups is 2. The monoisotopic (exact) mass is 290 g/mol. The molecular weight excluding hydrogens is 271 g/mol. The van der Waals surface area contributed by atoms with Gasteiger partial charge in [-0.25, -0.2) is 4.39 Å². The Morgan fingerprint density at radius 3 is 2.71 bits per heavy atom. The van der Waals surface area contributed by atoms with E-state index in [1.54, 1.807) is 23.1 Å². The molecule has 21 heavy (non-hydrogen) atoms. The minimum Gasteiger partial charge on any atom is -0.356 e. The Labute approximate surface area is 123 Å². The maximum absolute atomic E-state index is 13.8. The third-order valence-corrected chi connectivity index (χ3v) is 4.17. The van der Waals surface area contributed by atoms with Crippen molar-refractivity contribution in [2.45, 2.75) is 38.3 Å². The number of rotatable bonds is 4. The van der Waals surface area contributed by atoms with E-state index in [4.69, 9.17) is 0 Å². The van der Waals surface area contributed by atoms with Gasteiger partial charge in [-0.1, -0.05) is 18.2 Å². The summed E-state index contributed by atoms with van der Waals surface area (Å²) in [6, 6.07) is 6.77. The predicted molar refractivity (Wildman–Crippen MR) is 75.7 cm³/mol. The molecule has 2 fully saturated rings. The Bertz CT molecular complexity index is 557. The highest BCUT2D eigenvalue weighted by atomic mass is 19.1. The van der Waals surface area contributed by atoms with Gasteiger partial charge in [-0.15, -0.1) is 0 Å². The van der Waals surface area contributed by atoms with Gasteiger partial charge < -0.3 is 10.2 Å². The summed E-state index contributed by atoms with van der Waals surface area (Å²) in [5.41, 5.74) is 0.540. The van der Waals surface area contributed by atoms with Gasteiger partial charge in [0.05, 0.1) is 0 Å². The second kappa shape index (κ2) is 5.84. The second-order valence-corrected chi connectivity index (χ2v) is 5.83. The molecule has 1 heterocycles. The van der Waals surface area contributed by atoms with Gasteiger partial charge in [0.1, 0.15) is 5.82 Å². The summed E-state index contributed by atoms with van der Waals surface area (Å²) in [7, 11) is 0. The molecule has 1 saturated heterocycles. The van der Waals surface area contributed by atoms with Gasteiger partial charge in [-0.2, -0.15) is 0 Å². The summed E-state index contributed by atoms with van der Waals surface area (Å²) in [6.07, 6.45) is 2.86. The van der Waals surface area contributed by atoms with Crippen molar-refractivity contribution in [3.63, 3.8) is 0 Å². The number of nitrogens with zero attached hydrogens (tertiary/aromatic N) is 1. The lowest BCUT2D eigenvalue weighted by Gasteiger charge is -2.29. The minimum absolute atomic E-state index is 0.00407. The first-order chi connectivity index (χ1) is 10.1. The van der Waals surface area contributed by atoms with Crippen molar-refractivity contribution in [1.29, 1.82) is 0 Å². The molecule has 4 nitrogen and oxygen atoms in total. The van der Waals surface area contributed by atoms with Crippen molar-refractivity contribution in [3.8, 4) is 0 Å². The molecule has 112 valence electrons. The third kappa shape index (κ3) is 3.23. The first-order valence-electron chi connectivity index (χ1n) is 7.45. The quantitative estimate of drug-likeness (QED) is 0.920. The highest BCUT2D eigenvalue weighted by Gasteiger charge is 2.37. The molecule has 1 aromatic carbocycles. The van der Waals surface area contributed by atoms with E-state index in [9.17, 15) is 14.0 Å². The minimum atomic E-state index is -0.280. The fourth-order valence-corrected chi connectivity index (χ4v) is 2.81. The van der Waals surface area contributed by atoms with Gasteiger partial charge in [0.25, 0.3) is 0 Å². The number of halogens is 1. The smallest absolute Gasteiger partial charge is 0.226 e. The number of hydrogen-bond acceptors (Lipinski definition) is 2. The van der Waals surface area contributed by atoms with Crippen LogP contribution in [0.5, 0.6) is 0 Å². The summed E-state index contributed by atoms with van der Waals surface area (Å²) in [5, 5.41) is 2.74. The fraction of sp³-hybridized carbons (Fsp3) is 0.500. The third-order valence-electron chi connectivity index (χ3n) is 4.17. The molecular formula is C16H19FN2O2. The standard InChI is InChI=1S/C16H19FN2O2/c17-14-4-2-1-3-12(14)10-19(13-5-6-13)16(21)11-7-8-18-15(20)9-11/h1-4,11,13H,5-10H2,(H,18,20). The fourth-order valence-electron chi connectivity index (χ4n) is 2.81. The lowest BCUT2D eigenvalue weighted by molar-refractivity contribution is -0.141. The van der Waals surface area contributed by atoms with Gasteiger partial charge >= 0.3 is 0 Å². The van der Waals surface area contributed by atoms with Crippen molar-refractivity contribution in [2.75, 3.05) is 6.54 Å². The van der Waals surface area contributed by atoms with Crippen molar-refractivity contribution in [1.82, 2.24) is 10.2 Å². The van der Waals surface area contributed by atoms with E-state index in [2.05, 4.69) is 5.32 Å². The van der Waals surface area contributed by atoms with E-state index in [1.807, 2.05) is 0 Å². The Balaban J connectivity index is 1.74. The summed E-state index contributed by atoms with van der Waals surface area (Å²) in [6.45, 7) is 0.849. The number of benzene rings is 1. The van der Waals surface area contributed by atoms with E-state index in [0.717, 1.165) is 12.8 Å². The molecule has 1 atom stereocenters. The van der Waals surface area contributed by atoms with Crippen molar-refractivity contribution >= 4 is 11.8 Å². The molecule has 3 rings (SSSR count). The summed E-state index contributed by atoms with van der Waals surface area (Å²) in [4.78, 5) is 25.9. The zero-order valence-electron chi connectivity index (χ0n) is 11.8. The van der Waals surface area contributed by atoms with Crippen LogP contribution < -0.4 is 5.32 Å². The number of carbonyl (C=O) groups excluding carboxylic acids is 2. The Hall–Kier alpha value is -1.91. The van der Waals surface area contributed by atoms with Crippen LogP contribution in [0.15, 0.2) is 24.3 Å². The first-order valence-corrected chi connectivity index (χ1v) is 7.45. The molecule has 5 heteroatoms. The topological polar surface area (TPSA) is 49.4 Å². The van der Waals surface area contributed by atoms with Gasteiger partial charge in [0.2, 0.25) is 11.8 Å². The molecule has 1 aliphatic heterocycles. The van der Waals surface area contributed by atoms with Crippen LogP contribution in [0.1, 0.15) is 31.2 Å². The van der Waals surface area contributed by atoms with E-state index in [-0.39, 0.29) is 36.0 Å². The van der Waals surface area contributed by atoms with Crippen molar-refractivity contribution < 1.29 is 14.0 Å². The average Bonchev–Trinajstić information content (AvgIpc) is 3.30. The first kappa shape index (κ1) is 14.0. The molecule has 1 aromatic rings. The van der Waals surface area contributed by atoms with Crippen molar-refractivity contribution in [3.05, 3.63) is 35.6 Å². The number of hydrogen-bond donors (Lipinski definition) is 1. The van der Waals surface area contributed by atoms with Crippen LogP contribution in [0.2, 0.25) is 0 Å². The molecule has 2 aliphatic rings. The number of piperidine rings is 1. The molecule has 0 radical (unpaired) electrons. The maximum atomic E-state index is 13.8. The van der Waals surface area contributed by atoms with Crippen LogP contribution in [0.3, 0.4) is 0 Å².